The predicted molar refractivity (Wildman–Crippen MR) is 183 cm³/mol. The van der Waals surface area contributed by atoms with Gasteiger partial charge in [-0.05, 0) is 55.6 Å². The number of fused-ring (bicyclic) bond motifs is 3. The molecule has 1 aromatic carbocycles. The molecule has 1 saturated heterocycles. The summed E-state index contributed by atoms with van der Waals surface area (Å²) >= 11 is 0. The van der Waals surface area contributed by atoms with Gasteiger partial charge in [-0.25, -0.2) is 17.6 Å². The summed E-state index contributed by atoms with van der Waals surface area (Å²) in [6, 6.07) is 2.49. The van der Waals surface area contributed by atoms with Gasteiger partial charge in [0.05, 0.1) is 18.3 Å². The van der Waals surface area contributed by atoms with Crippen LogP contribution in [0, 0.1) is 17.2 Å². The molecule has 2 aliphatic carbocycles. The Labute approximate surface area is 298 Å². The predicted octanol–water partition coefficient (Wildman–Crippen LogP) is 3.17. The van der Waals surface area contributed by atoms with Crippen molar-refractivity contribution in [2.24, 2.45) is 11.3 Å². The van der Waals surface area contributed by atoms with Gasteiger partial charge in [-0.3, -0.25) is 28.8 Å². The molecular formula is C36H48FN5O8S. The van der Waals surface area contributed by atoms with Crippen LogP contribution in [0.4, 0.5) is 9.18 Å². The second kappa shape index (κ2) is 14.2. The molecular weight excluding hydrogens is 681 g/mol. The number of halogens is 1. The molecule has 51 heavy (non-hydrogen) atoms. The van der Waals surface area contributed by atoms with E-state index in [1.807, 2.05) is 32.9 Å². The van der Waals surface area contributed by atoms with Crippen LogP contribution in [0.2, 0.25) is 0 Å². The van der Waals surface area contributed by atoms with E-state index >= 15 is 0 Å². The third-order valence-electron chi connectivity index (χ3n) is 10.3. The Bertz CT molecular complexity index is 1720. The van der Waals surface area contributed by atoms with Crippen molar-refractivity contribution in [2.75, 3.05) is 6.54 Å². The number of benzene rings is 1. The first-order chi connectivity index (χ1) is 24.1. The zero-order valence-electron chi connectivity index (χ0n) is 29.4. The second-order valence-corrected chi connectivity index (χ2v) is 17.8. The lowest BCUT2D eigenvalue weighted by molar-refractivity contribution is -0.142. The molecule has 5 atom stereocenters. The lowest BCUT2D eigenvalue weighted by Gasteiger charge is -2.30. The fourth-order valence-corrected chi connectivity index (χ4v) is 8.67. The number of carbonyl (C=O) groups is 5. The van der Waals surface area contributed by atoms with Crippen LogP contribution in [0.5, 0.6) is 0 Å². The maximum absolute atomic E-state index is 14.4. The van der Waals surface area contributed by atoms with Gasteiger partial charge in [0.2, 0.25) is 27.7 Å². The quantitative estimate of drug-likeness (QED) is 0.375. The zero-order valence-corrected chi connectivity index (χ0v) is 30.2. The molecule has 0 aromatic heterocycles. The van der Waals surface area contributed by atoms with Crippen LogP contribution < -0.4 is 15.4 Å². The minimum atomic E-state index is -3.91. The van der Waals surface area contributed by atoms with E-state index in [-0.39, 0.29) is 50.2 Å². The number of allylic oxidation sites excluding steroid dienone is 1. The topological polar surface area (TPSA) is 171 Å². The third kappa shape index (κ3) is 8.39. The van der Waals surface area contributed by atoms with Gasteiger partial charge in [-0.15, -0.1) is 0 Å². The SMILES string of the molecule is CC(C)(C)CC(=O)N[C@H]1CCCCC/C=C\[C@@H]2C[C@@]2(C(=O)NS(=O)(=O)C2CC2)NC(=O)[C@@H]2C[C@@H](OC(=O)N3Cc4cccc(F)c4C3)CN2C1=O. The Morgan fingerprint density at radius 2 is 1.84 bits per heavy atom. The highest BCUT2D eigenvalue weighted by Crippen LogP contribution is 2.46. The first-order valence-corrected chi connectivity index (χ1v) is 19.5. The summed E-state index contributed by atoms with van der Waals surface area (Å²) in [7, 11) is -3.91. The zero-order chi connectivity index (χ0) is 36.7. The minimum absolute atomic E-state index is 0.0122. The summed E-state index contributed by atoms with van der Waals surface area (Å²) in [5.74, 6) is -3.22. The number of rotatable bonds is 6. The molecule has 6 rings (SSSR count). The third-order valence-corrected chi connectivity index (χ3v) is 12.1. The van der Waals surface area contributed by atoms with Crippen molar-refractivity contribution in [3.63, 3.8) is 0 Å². The van der Waals surface area contributed by atoms with Crippen molar-refractivity contribution in [2.45, 2.75) is 127 Å². The van der Waals surface area contributed by atoms with Crippen molar-refractivity contribution in [3.8, 4) is 0 Å². The molecule has 3 N–H and O–H groups in total. The Morgan fingerprint density at radius 1 is 1.08 bits per heavy atom. The summed E-state index contributed by atoms with van der Waals surface area (Å²) < 4.78 is 47.9. The van der Waals surface area contributed by atoms with E-state index in [2.05, 4.69) is 15.4 Å². The van der Waals surface area contributed by atoms with E-state index in [9.17, 15) is 36.8 Å². The number of hydrogen-bond acceptors (Lipinski definition) is 8. The van der Waals surface area contributed by atoms with E-state index in [0.717, 1.165) is 12.8 Å². The normalized spacial score (nSPS) is 29.0. The fraction of sp³-hybridized carbons (Fsp3) is 0.639. The summed E-state index contributed by atoms with van der Waals surface area (Å²) in [6.07, 6.45) is 6.47. The average Bonchev–Trinajstić information content (AvgIpc) is 3.93. The first kappa shape index (κ1) is 36.8. The standard InChI is InChI=1S/C36H48FN5O8S/c1-35(2,3)18-30(43)38-28-13-8-6-4-5-7-11-23-17-36(23,33(46)40-51(48,49)25-14-15-25)39-31(44)29-16-24(20-42(29)32(28)45)50-34(47)41-19-22-10-9-12-27(37)26(22)21-41/h7,9-12,23-25,28-29H,4-6,8,13-21H2,1-3H3,(H,38,43)(H,39,44)(H,40,46)/b11-7-/t23-,24-,28+,29+,36-/m1/s1. The molecule has 0 radical (unpaired) electrons. The highest BCUT2D eigenvalue weighted by atomic mass is 32.2. The fourth-order valence-electron chi connectivity index (χ4n) is 7.30. The Hall–Kier alpha value is -4.01. The number of ether oxygens (including phenoxy) is 1. The molecule has 1 aromatic rings. The van der Waals surface area contributed by atoms with E-state index in [0.29, 0.717) is 43.2 Å². The summed E-state index contributed by atoms with van der Waals surface area (Å²) in [5, 5.41) is 5.05. The largest absolute Gasteiger partial charge is 0.444 e. The van der Waals surface area contributed by atoms with Crippen molar-refractivity contribution in [1.29, 1.82) is 0 Å². The van der Waals surface area contributed by atoms with Crippen LogP contribution in [-0.4, -0.2) is 83.5 Å². The van der Waals surface area contributed by atoms with Crippen molar-refractivity contribution >= 4 is 39.7 Å². The van der Waals surface area contributed by atoms with Crippen molar-refractivity contribution < 1.29 is 41.5 Å². The maximum atomic E-state index is 14.4. The molecule has 278 valence electrons. The minimum Gasteiger partial charge on any atom is -0.444 e. The molecule has 0 bridgehead atoms. The first-order valence-electron chi connectivity index (χ1n) is 17.9. The molecule has 15 heteroatoms. The molecule has 5 amide bonds. The van der Waals surface area contributed by atoms with Crippen LogP contribution in [0.1, 0.15) is 96.1 Å². The van der Waals surface area contributed by atoms with Crippen LogP contribution >= 0.6 is 0 Å². The number of hydrogen-bond donors (Lipinski definition) is 3. The van der Waals surface area contributed by atoms with E-state index in [4.69, 9.17) is 4.74 Å². The molecule has 0 spiro atoms. The summed E-state index contributed by atoms with van der Waals surface area (Å²) in [6.45, 7) is 5.75. The smallest absolute Gasteiger partial charge is 0.410 e. The highest BCUT2D eigenvalue weighted by molar-refractivity contribution is 7.91. The molecule has 3 aliphatic heterocycles. The van der Waals surface area contributed by atoms with Crippen molar-refractivity contribution in [3.05, 3.63) is 47.3 Å². The summed E-state index contributed by atoms with van der Waals surface area (Å²) in [4.78, 5) is 71.2. The monoisotopic (exact) mass is 729 g/mol. The highest BCUT2D eigenvalue weighted by Gasteiger charge is 2.62. The lowest BCUT2D eigenvalue weighted by atomic mass is 9.91. The average molecular weight is 730 g/mol. The Balaban J connectivity index is 1.25. The van der Waals surface area contributed by atoms with Crippen molar-refractivity contribution in [1.82, 2.24) is 25.2 Å². The van der Waals surface area contributed by atoms with Gasteiger partial charge in [0.15, 0.2) is 0 Å². The molecule has 13 nitrogen and oxygen atoms in total. The van der Waals surface area contributed by atoms with Gasteiger partial charge in [0.25, 0.3) is 5.91 Å². The molecule has 2 saturated carbocycles. The number of amides is 5. The van der Waals surface area contributed by atoms with Gasteiger partial charge < -0.3 is 20.3 Å². The van der Waals surface area contributed by atoms with Crippen LogP contribution in [0.25, 0.3) is 0 Å². The molecule has 0 unspecified atom stereocenters. The van der Waals surface area contributed by atoms with Gasteiger partial charge in [-0.2, -0.15) is 0 Å². The van der Waals surface area contributed by atoms with Gasteiger partial charge >= 0.3 is 6.09 Å². The van der Waals surface area contributed by atoms with Gasteiger partial charge in [-0.1, -0.05) is 57.9 Å². The molecule has 3 heterocycles. The molecule has 5 aliphatic rings. The van der Waals surface area contributed by atoms with Crippen LogP contribution in [-0.2, 0) is 47.0 Å². The summed E-state index contributed by atoms with van der Waals surface area (Å²) in [5.41, 5.74) is -0.813. The van der Waals surface area contributed by atoms with Crippen LogP contribution in [0.15, 0.2) is 30.4 Å². The molecule has 3 fully saturated rings. The number of nitrogens with zero attached hydrogens (tertiary/aromatic N) is 2. The maximum Gasteiger partial charge on any atom is 0.410 e. The van der Waals surface area contributed by atoms with Gasteiger partial charge in [0, 0.05) is 30.9 Å². The van der Waals surface area contributed by atoms with E-state index in [1.54, 1.807) is 12.1 Å². The number of nitrogens with one attached hydrogen (secondary N) is 3. The van der Waals surface area contributed by atoms with E-state index < -0.39 is 74.5 Å². The van der Waals surface area contributed by atoms with Gasteiger partial charge in [0.1, 0.15) is 29.5 Å². The Kier molecular flexibility index (Phi) is 10.2. The number of carbonyl (C=O) groups excluding carboxylic acids is 5. The second-order valence-electron chi connectivity index (χ2n) is 15.9. The van der Waals surface area contributed by atoms with E-state index in [1.165, 1.54) is 15.9 Å². The number of sulfonamides is 1. The lowest BCUT2D eigenvalue weighted by Crippen LogP contribution is -2.58. The van der Waals surface area contributed by atoms with Crippen LogP contribution in [0.3, 0.4) is 0 Å². The Morgan fingerprint density at radius 3 is 2.55 bits per heavy atom.